The van der Waals surface area contributed by atoms with E-state index in [9.17, 15) is 0 Å². The van der Waals surface area contributed by atoms with E-state index in [2.05, 4.69) is 5.32 Å². The molecular formula is C8H11ClN2S. The van der Waals surface area contributed by atoms with Crippen molar-refractivity contribution in [2.24, 2.45) is 0 Å². The summed E-state index contributed by atoms with van der Waals surface area (Å²) in [4.78, 5) is 0. The van der Waals surface area contributed by atoms with Crippen LogP contribution in [-0.2, 0) is 0 Å². The van der Waals surface area contributed by atoms with Crippen molar-refractivity contribution in [3.63, 3.8) is 0 Å². The van der Waals surface area contributed by atoms with Crippen LogP contribution >= 0.6 is 24.2 Å². The van der Waals surface area contributed by atoms with Crippen LogP contribution in [-0.4, -0.2) is 11.4 Å². The van der Waals surface area contributed by atoms with Gasteiger partial charge in [-0.15, -0.1) is 12.4 Å². The molecule has 4 heteroatoms. The third-order valence-electron chi connectivity index (χ3n) is 1.24. The summed E-state index contributed by atoms with van der Waals surface area (Å²) in [5.74, 6) is 0. The van der Waals surface area contributed by atoms with Crippen LogP contribution in [0, 0.1) is 5.41 Å². The Balaban J connectivity index is 0.00000121. The first-order valence-corrected chi connectivity index (χ1v) is 4.50. The average molecular weight is 203 g/mol. The largest absolute Gasteiger partial charge is 0.335 e. The minimum atomic E-state index is 0. The van der Waals surface area contributed by atoms with Gasteiger partial charge in [0.15, 0.2) is 5.17 Å². The molecule has 2 nitrogen and oxygen atoms in total. The molecule has 0 bridgehead atoms. The van der Waals surface area contributed by atoms with Crippen molar-refractivity contribution in [3.05, 3.63) is 30.3 Å². The Morgan fingerprint density at radius 2 is 1.92 bits per heavy atom. The van der Waals surface area contributed by atoms with Crippen LogP contribution in [0.1, 0.15) is 0 Å². The van der Waals surface area contributed by atoms with Crippen LogP contribution in [0.3, 0.4) is 0 Å². The molecule has 0 atom stereocenters. The quantitative estimate of drug-likeness (QED) is 0.543. The van der Waals surface area contributed by atoms with Crippen LogP contribution < -0.4 is 5.32 Å². The maximum Gasteiger partial charge on any atom is 0.157 e. The van der Waals surface area contributed by atoms with Crippen molar-refractivity contribution in [1.29, 1.82) is 5.41 Å². The zero-order chi connectivity index (χ0) is 8.10. The van der Waals surface area contributed by atoms with Crippen LogP contribution in [0.2, 0.25) is 0 Å². The van der Waals surface area contributed by atoms with Gasteiger partial charge in [-0.1, -0.05) is 30.0 Å². The second-order valence-electron chi connectivity index (χ2n) is 2.02. The third kappa shape index (κ3) is 3.64. The summed E-state index contributed by atoms with van der Waals surface area (Å²) in [5, 5.41) is 10.7. The lowest BCUT2D eigenvalue weighted by atomic mass is 10.3. The van der Waals surface area contributed by atoms with E-state index in [1.165, 1.54) is 11.8 Å². The Morgan fingerprint density at radius 1 is 1.33 bits per heavy atom. The lowest BCUT2D eigenvalue weighted by Gasteiger charge is -2.03. The van der Waals surface area contributed by atoms with Crippen molar-refractivity contribution in [3.8, 4) is 0 Å². The molecule has 0 aliphatic carbocycles. The van der Waals surface area contributed by atoms with Gasteiger partial charge in [0.2, 0.25) is 0 Å². The van der Waals surface area contributed by atoms with E-state index >= 15 is 0 Å². The summed E-state index contributed by atoms with van der Waals surface area (Å²) in [6, 6.07) is 9.70. The number of hydrogen-bond donors (Lipinski definition) is 2. The molecule has 12 heavy (non-hydrogen) atoms. The van der Waals surface area contributed by atoms with Crippen molar-refractivity contribution in [2.75, 3.05) is 11.6 Å². The first-order chi connectivity index (χ1) is 5.33. The Labute approximate surface area is 82.7 Å². The van der Waals surface area contributed by atoms with Gasteiger partial charge in [0, 0.05) is 5.69 Å². The van der Waals surface area contributed by atoms with Crippen molar-refractivity contribution in [1.82, 2.24) is 0 Å². The highest BCUT2D eigenvalue weighted by Crippen LogP contribution is 2.07. The summed E-state index contributed by atoms with van der Waals surface area (Å²) in [6.07, 6.45) is 1.87. The van der Waals surface area contributed by atoms with E-state index in [0.717, 1.165) is 5.69 Å². The average Bonchev–Trinajstić information content (AvgIpc) is 2.06. The Kier molecular flexibility index (Phi) is 5.58. The van der Waals surface area contributed by atoms with Gasteiger partial charge in [-0.3, -0.25) is 5.41 Å². The molecule has 66 valence electrons. The minimum absolute atomic E-state index is 0. The van der Waals surface area contributed by atoms with Gasteiger partial charge >= 0.3 is 0 Å². The van der Waals surface area contributed by atoms with Crippen molar-refractivity contribution < 1.29 is 0 Å². The number of anilines is 1. The summed E-state index contributed by atoms with van der Waals surface area (Å²) in [6.45, 7) is 0. The minimum Gasteiger partial charge on any atom is -0.335 e. The number of rotatable bonds is 1. The molecular weight excluding hydrogens is 192 g/mol. The van der Waals surface area contributed by atoms with Gasteiger partial charge in [0.1, 0.15) is 0 Å². The highest BCUT2D eigenvalue weighted by atomic mass is 35.5. The molecule has 0 saturated heterocycles. The zero-order valence-electron chi connectivity index (χ0n) is 6.70. The fourth-order valence-electron chi connectivity index (χ4n) is 0.704. The molecule has 0 spiro atoms. The molecule has 0 heterocycles. The monoisotopic (exact) mass is 202 g/mol. The number of thioether (sulfide) groups is 1. The van der Waals surface area contributed by atoms with Crippen LogP contribution in [0.15, 0.2) is 30.3 Å². The number of nitrogens with one attached hydrogen (secondary N) is 2. The highest BCUT2D eigenvalue weighted by molar-refractivity contribution is 8.13. The molecule has 0 unspecified atom stereocenters. The first-order valence-electron chi connectivity index (χ1n) is 3.27. The maximum absolute atomic E-state index is 7.33. The molecule has 0 saturated carbocycles. The number of benzene rings is 1. The second-order valence-corrected chi connectivity index (χ2v) is 2.84. The number of para-hydroxylation sites is 1. The van der Waals surface area contributed by atoms with E-state index in [1.54, 1.807) is 0 Å². The van der Waals surface area contributed by atoms with E-state index < -0.39 is 0 Å². The SMILES string of the molecule is CSC(=N)Nc1ccccc1.Cl. The number of halogens is 1. The molecule has 1 aromatic rings. The summed E-state index contributed by atoms with van der Waals surface area (Å²) < 4.78 is 0. The summed E-state index contributed by atoms with van der Waals surface area (Å²) in [7, 11) is 0. The fraction of sp³-hybridized carbons (Fsp3) is 0.125. The smallest absolute Gasteiger partial charge is 0.157 e. The molecule has 0 amide bonds. The maximum atomic E-state index is 7.33. The van der Waals surface area contributed by atoms with Crippen molar-refractivity contribution >= 4 is 35.0 Å². The molecule has 0 radical (unpaired) electrons. The molecule has 1 rings (SSSR count). The van der Waals surface area contributed by atoms with Gasteiger partial charge < -0.3 is 5.32 Å². The lowest BCUT2D eigenvalue weighted by Crippen LogP contribution is -2.04. The zero-order valence-corrected chi connectivity index (χ0v) is 8.34. The predicted molar refractivity (Wildman–Crippen MR) is 58.6 cm³/mol. The highest BCUT2D eigenvalue weighted by Gasteiger charge is 1.92. The van der Waals surface area contributed by atoms with Gasteiger partial charge in [-0.2, -0.15) is 0 Å². The Morgan fingerprint density at radius 3 is 2.42 bits per heavy atom. The molecule has 0 aliphatic rings. The van der Waals surface area contributed by atoms with Crippen LogP contribution in [0.4, 0.5) is 5.69 Å². The fourth-order valence-corrected chi connectivity index (χ4v) is 0.924. The van der Waals surface area contributed by atoms with E-state index in [4.69, 9.17) is 5.41 Å². The third-order valence-corrected chi connectivity index (χ3v) is 1.75. The second kappa shape index (κ2) is 5.91. The first kappa shape index (κ1) is 11.3. The molecule has 0 aromatic heterocycles. The van der Waals surface area contributed by atoms with E-state index in [1.807, 2.05) is 36.6 Å². The van der Waals surface area contributed by atoms with Crippen molar-refractivity contribution in [2.45, 2.75) is 0 Å². The standard InChI is InChI=1S/C8H10N2S.ClH/c1-11-8(9)10-7-5-3-2-4-6-7;/h2-6H,1H3,(H2,9,10);1H. The normalized spacial score (nSPS) is 8.42. The molecule has 2 N–H and O–H groups in total. The van der Waals surface area contributed by atoms with E-state index in [0.29, 0.717) is 5.17 Å². The number of amidine groups is 1. The molecule has 0 aliphatic heterocycles. The predicted octanol–water partition coefficient (Wildman–Crippen LogP) is 2.82. The van der Waals surface area contributed by atoms with Crippen LogP contribution in [0.25, 0.3) is 0 Å². The van der Waals surface area contributed by atoms with E-state index in [-0.39, 0.29) is 12.4 Å². The topological polar surface area (TPSA) is 35.9 Å². The van der Waals surface area contributed by atoms with Gasteiger partial charge in [-0.25, -0.2) is 0 Å². The van der Waals surface area contributed by atoms with Gasteiger partial charge in [-0.05, 0) is 18.4 Å². The molecule has 1 aromatic carbocycles. The van der Waals surface area contributed by atoms with Crippen LogP contribution in [0.5, 0.6) is 0 Å². The summed E-state index contributed by atoms with van der Waals surface area (Å²) >= 11 is 1.39. The lowest BCUT2D eigenvalue weighted by molar-refractivity contribution is 1.52. The summed E-state index contributed by atoms with van der Waals surface area (Å²) in [5.41, 5.74) is 0.965. The molecule has 0 fully saturated rings. The van der Waals surface area contributed by atoms with Gasteiger partial charge in [0.05, 0.1) is 0 Å². The Bertz CT molecular complexity index is 238. The Hall–Kier alpha value is -0.670. The number of hydrogen-bond acceptors (Lipinski definition) is 2. The van der Waals surface area contributed by atoms with Gasteiger partial charge in [0.25, 0.3) is 0 Å².